The maximum absolute atomic E-state index is 14.2. The number of nitrogens with zero attached hydrogens (tertiary/aromatic N) is 1. The molecule has 1 atom stereocenters. The fourth-order valence-corrected chi connectivity index (χ4v) is 6.33. The Morgan fingerprint density at radius 1 is 1.14 bits per heavy atom. The van der Waals surface area contributed by atoms with Gasteiger partial charge in [-0.2, -0.15) is 0 Å². The molecule has 1 unspecified atom stereocenters. The van der Waals surface area contributed by atoms with Gasteiger partial charge in [0, 0.05) is 35.6 Å². The second-order valence-corrected chi connectivity index (χ2v) is 10.9. The Bertz CT molecular complexity index is 1370. The maximum atomic E-state index is 14.2. The van der Waals surface area contributed by atoms with E-state index in [1.165, 1.54) is 17.0 Å². The van der Waals surface area contributed by atoms with Crippen molar-refractivity contribution in [3.05, 3.63) is 76.2 Å². The molecule has 190 valence electrons. The number of urea groups is 1. The van der Waals surface area contributed by atoms with Gasteiger partial charge in [-0.1, -0.05) is 23.7 Å². The Morgan fingerprint density at radius 2 is 1.92 bits per heavy atom. The monoisotopic (exact) mass is 532 g/mol. The third kappa shape index (κ3) is 4.84. The molecule has 2 aromatic rings. The number of carbonyl (C=O) groups is 1. The summed E-state index contributed by atoms with van der Waals surface area (Å²) < 4.78 is 42.7. The smallest absolute Gasteiger partial charge is 0.327 e. The molecule has 2 amide bonds. The minimum atomic E-state index is -3.77. The molecule has 36 heavy (non-hydrogen) atoms. The van der Waals surface area contributed by atoms with Gasteiger partial charge in [-0.25, -0.2) is 22.3 Å². The third-order valence-corrected chi connectivity index (χ3v) is 8.44. The van der Waals surface area contributed by atoms with E-state index in [9.17, 15) is 17.6 Å². The largest absolute Gasteiger partial charge is 0.361 e. The van der Waals surface area contributed by atoms with Crippen molar-refractivity contribution >= 4 is 39.0 Å². The molecular formula is C24H26ClFN6O3S. The summed E-state index contributed by atoms with van der Waals surface area (Å²) in [6, 6.07) is 8.62. The van der Waals surface area contributed by atoms with E-state index in [2.05, 4.69) is 20.7 Å². The van der Waals surface area contributed by atoms with Crippen LogP contribution in [0.25, 0.3) is 5.70 Å². The summed E-state index contributed by atoms with van der Waals surface area (Å²) >= 11 is 6.41. The molecule has 9 nitrogen and oxygen atoms in total. The van der Waals surface area contributed by atoms with Crippen LogP contribution in [0.3, 0.4) is 0 Å². The van der Waals surface area contributed by atoms with Gasteiger partial charge in [0.2, 0.25) is 10.0 Å². The first kappa shape index (κ1) is 24.7. The number of rotatable bonds is 6. The highest BCUT2D eigenvalue weighted by atomic mass is 35.5. The van der Waals surface area contributed by atoms with E-state index in [4.69, 9.17) is 17.3 Å². The zero-order valence-corrected chi connectivity index (χ0v) is 20.8. The van der Waals surface area contributed by atoms with Crippen molar-refractivity contribution in [2.75, 3.05) is 18.0 Å². The van der Waals surface area contributed by atoms with Crippen LogP contribution in [0.2, 0.25) is 5.02 Å². The van der Waals surface area contributed by atoms with Crippen molar-refractivity contribution < 1.29 is 17.6 Å². The number of nitrogens with two attached hydrogens (primary N) is 1. The first-order valence-electron chi connectivity index (χ1n) is 11.6. The predicted octanol–water partition coefficient (Wildman–Crippen LogP) is 2.35. The van der Waals surface area contributed by atoms with Crippen LogP contribution in [0.15, 0.2) is 59.1 Å². The van der Waals surface area contributed by atoms with E-state index < -0.39 is 28.0 Å². The number of carbonyl (C=O) groups excluding carboxylic acids is 1. The average molecular weight is 533 g/mol. The van der Waals surface area contributed by atoms with Gasteiger partial charge in [0.1, 0.15) is 16.9 Å². The second kappa shape index (κ2) is 9.83. The quantitative estimate of drug-likeness (QED) is 0.388. The number of hydrogen-bond acceptors (Lipinski definition) is 6. The number of fused-ring (bicyclic) bond motifs is 1. The van der Waals surface area contributed by atoms with Crippen molar-refractivity contribution in [2.24, 2.45) is 5.73 Å². The molecule has 1 fully saturated rings. The van der Waals surface area contributed by atoms with Gasteiger partial charge in [-0.3, -0.25) is 4.90 Å². The Morgan fingerprint density at radius 3 is 2.61 bits per heavy atom. The molecule has 0 radical (unpaired) electrons. The Labute approximate surface area is 213 Å². The number of benzene rings is 2. The molecule has 1 saturated heterocycles. The topological polar surface area (TPSA) is 129 Å². The summed E-state index contributed by atoms with van der Waals surface area (Å²) in [6.07, 6.45) is 4.41. The zero-order chi connectivity index (χ0) is 25.4. The molecular weight excluding hydrogens is 507 g/mol. The molecule has 6 N–H and O–H groups in total. The number of halogens is 2. The molecule has 3 aliphatic rings. The summed E-state index contributed by atoms with van der Waals surface area (Å²) in [5, 5.41) is 9.34. The summed E-state index contributed by atoms with van der Waals surface area (Å²) in [7, 11) is -3.77. The standard InChI is InChI=1S/C24H26ClFN6O3S/c25-19-9-14(2-4-22(19)36(34,35)31-17-5-7-28-8-6-17)21-10-16-13-32(24(33)30-23(16)29-21)18-3-1-15(12-27)20(26)11-18/h1-4,9-11,13,17,23,28-29,31H,5-8,12,27H2,(H,30,33). The van der Waals surface area contributed by atoms with E-state index in [1.807, 2.05) is 6.08 Å². The minimum absolute atomic E-state index is 0.0177. The van der Waals surface area contributed by atoms with E-state index in [-0.39, 0.29) is 22.5 Å². The molecule has 0 spiro atoms. The minimum Gasteiger partial charge on any atom is -0.361 e. The zero-order valence-electron chi connectivity index (χ0n) is 19.2. The van der Waals surface area contributed by atoms with Crippen molar-refractivity contribution in [1.29, 1.82) is 0 Å². The van der Waals surface area contributed by atoms with Gasteiger partial charge in [-0.15, -0.1) is 0 Å². The molecule has 2 aromatic carbocycles. The fourth-order valence-electron chi connectivity index (χ4n) is 4.48. The van der Waals surface area contributed by atoms with Crippen LogP contribution in [-0.4, -0.2) is 39.7 Å². The lowest BCUT2D eigenvalue weighted by Gasteiger charge is -2.29. The normalized spacial score (nSPS) is 20.4. The van der Waals surface area contributed by atoms with Crippen LogP contribution in [0.1, 0.15) is 24.0 Å². The van der Waals surface area contributed by atoms with E-state index in [1.54, 1.807) is 30.5 Å². The summed E-state index contributed by atoms with van der Waals surface area (Å²) in [6.45, 7) is 1.59. The summed E-state index contributed by atoms with van der Waals surface area (Å²) in [4.78, 5) is 14.0. The Balaban J connectivity index is 1.37. The van der Waals surface area contributed by atoms with Crippen molar-refractivity contribution in [3.63, 3.8) is 0 Å². The molecule has 0 aliphatic carbocycles. The molecule has 5 rings (SSSR count). The first-order valence-corrected chi connectivity index (χ1v) is 13.4. The molecule has 0 aromatic heterocycles. The fraction of sp³-hybridized carbons (Fsp3) is 0.292. The third-order valence-electron chi connectivity index (χ3n) is 6.44. The number of piperidine rings is 1. The molecule has 0 bridgehead atoms. The number of hydrogen-bond donors (Lipinski definition) is 5. The lowest BCUT2D eigenvalue weighted by Crippen LogP contribution is -2.51. The lowest BCUT2D eigenvalue weighted by atomic mass is 10.1. The van der Waals surface area contributed by atoms with Crippen LogP contribution >= 0.6 is 11.6 Å². The summed E-state index contributed by atoms with van der Waals surface area (Å²) in [5.41, 5.74) is 8.32. The van der Waals surface area contributed by atoms with Crippen molar-refractivity contribution in [3.8, 4) is 0 Å². The van der Waals surface area contributed by atoms with Gasteiger partial charge < -0.3 is 21.7 Å². The first-order chi connectivity index (χ1) is 17.2. The number of sulfonamides is 1. The molecule has 12 heteroatoms. The molecule has 3 heterocycles. The Kier molecular flexibility index (Phi) is 6.75. The van der Waals surface area contributed by atoms with Crippen LogP contribution in [0.4, 0.5) is 14.9 Å². The SMILES string of the molecule is NCc1ccc(N2C=C3C=C(c4ccc(S(=O)(=O)NC5CCNCC5)c(Cl)c4)NC3NC2=O)cc1F. The van der Waals surface area contributed by atoms with Crippen molar-refractivity contribution in [1.82, 2.24) is 20.7 Å². The number of amides is 2. The maximum Gasteiger partial charge on any atom is 0.327 e. The second-order valence-electron chi connectivity index (χ2n) is 8.85. The predicted molar refractivity (Wildman–Crippen MR) is 136 cm³/mol. The Hall–Kier alpha value is -2.96. The number of nitrogens with one attached hydrogen (secondary N) is 4. The molecule has 0 saturated carbocycles. The van der Waals surface area contributed by atoms with Crippen LogP contribution in [0, 0.1) is 5.82 Å². The molecule has 3 aliphatic heterocycles. The highest BCUT2D eigenvalue weighted by Crippen LogP contribution is 2.31. The highest BCUT2D eigenvalue weighted by molar-refractivity contribution is 7.89. The van der Waals surface area contributed by atoms with Crippen LogP contribution in [-0.2, 0) is 16.6 Å². The summed E-state index contributed by atoms with van der Waals surface area (Å²) in [5.74, 6) is -0.483. The lowest BCUT2D eigenvalue weighted by molar-refractivity contribution is 0.244. The van der Waals surface area contributed by atoms with Gasteiger partial charge in [0.15, 0.2) is 0 Å². The van der Waals surface area contributed by atoms with Crippen LogP contribution < -0.4 is 31.3 Å². The van der Waals surface area contributed by atoms with Gasteiger partial charge >= 0.3 is 6.03 Å². The van der Waals surface area contributed by atoms with E-state index in [0.29, 0.717) is 22.5 Å². The van der Waals surface area contributed by atoms with Gasteiger partial charge in [0.05, 0.1) is 10.7 Å². The highest BCUT2D eigenvalue weighted by Gasteiger charge is 2.32. The van der Waals surface area contributed by atoms with Gasteiger partial charge in [0.25, 0.3) is 0 Å². The average Bonchev–Trinajstić information content (AvgIpc) is 3.26. The van der Waals surface area contributed by atoms with Crippen LogP contribution in [0.5, 0.6) is 0 Å². The van der Waals surface area contributed by atoms with Gasteiger partial charge in [-0.05, 0) is 61.8 Å². The van der Waals surface area contributed by atoms with E-state index >= 15 is 0 Å². The van der Waals surface area contributed by atoms with E-state index in [0.717, 1.165) is 31.5 Å². The van der Waals surface area contributed by atoms with Crippen molar-refractivity contribution in [2.45, 2.75) is 36.5 Å². The number of anilines is 1.